The van der Waals surface area contributed by atoms with E-state index in [1.54, 1.807) is 6.20 Å². The van der Waals surface area contributed by atoms with Gasteiger partial charge in [0.15, 0.2) is 5.82 Å². The van der Waals surface area contributed by atoms with Gasteiger partial charge in [0.2, 0.25) is 0 Å². The first kappa shape index (κ1) is 9.65. The molecule has 15 heavy (non-hydrogen) atoms. The third-order valence-electron chi connectivity index (χ3n) is 2.24. The van der Waals surface area contributed by atoms with E-state index >= 15 is 0 Å². The summed E-state index contributed by atoms with van der Waals surface area (Å²) in [7, 11) is 0. The molecule has 1 aromatic carbocycles. The second kappa shape index (κ2) is 4.09. The molecule has 0 bridgehead atoms. The molecule has 2 rings (SSSR count). The Morgan fingerprint density at radius 2 is 1.87 bits per heavy atom. The molecule has 0 atom stereocenters. The number of rotatable bonds is 2. The van der Waals surface area contributed by atoms with Crippen molar-refractivity contribution in [2.24, 2.45) is 0 Å². The highest BCUT2D eigenvalue weighted by Crippen LogP contribution is 2.16. The van der Waals surface area contributed by atoms with Crippen LogP contribution in [0.1, 0.15) is 12.6 Å². The zero-order chi connectivity index (χ0) is 10.7. The van der Waals surface area contributed by atoms with Gasteiger partial charge >= 0.3 is 0 Å². The van der Waals surface area contributed by atoms with Crippen molar-refractivity contribution in [3.63, 3.8) is 0 Å². The molecular weight excluding hydrogens is 186 g/mol. The second-order valence-electron chi connectivity index (χ2n) is 3.35. The van der Waals surface area contributed by atoms with Gasteiger partial charge < -0.3 is 5.73 Å². The summed E-state index contributed by atoms with van der Waals surface area (Å²) < 4.78 is 0. The van der Waals surface area contributed by atoms with Crippen LogP contribution in [-0.2, 0) is 6.42 Å². The van der Waals surface area contributed by atoms with Crippen molar-refractivity contribution < 1.29 is 0 Å². The van der Waals surface area contributed by atoms with Gasteiger partial charge in [0.1, 0.15) is 0 Å². The Labute approximate surface area is 89.0 Å². The number of aromatic nitrogens is 2. The summed E-state index contributed by atoms with van der Waals surface area (Å²) in [5.74, 6) is 0.759. The highest BCUT2D eigenvalue weighted by molar-refractivity contribution is 5.58. The molecule has 0 aliphatic rings. The molecular formula is C12H13N3. The molecule has 0 unspecified atom stereocenters. The Bertz CT molecular complexity index is 449. The zero-order valence-electron chi connectivity index (χ0n) is 8.64. The fraction of sp³-hybridized carbons (Fsp3) is 0.167. The monoisotopic (exact) mass is 199 g/mol. The zero-order valence-corrected chi connectivity index (χ0v) is 8.64. The van der Waals surface area contributed by atoms with E-state index in [4.69, 9.17) is 5.73 Å². The first-order chi connectivity index (χ1) is 7.29. The van der Waals surface area contributed by atoms with Gasteiger partial charge in [-0.15, -0.1) is 0 Å². The first-order valence-electron chi connectivity index (χ1n) is 4.97. The van der Waals surface area contributed by atoms with Crippen molar-refractivity contribution in [1.82, 2.24) is 9.97 Å². The molecule has 3 nitrogen and oxygen atoms in total. The third-order valence-corrected chi connectivity index (χ3v) is 2.24. The summed E-state index contributed by atoms with van der Waals surface area (Å²) in [6, 6.07) is 9.52. The molecule has 1 heterocycles. The number of hydrogen-bond donors (Lipinski definition) is 1. The smallest absolute Gasteiger partial charge is 0.159 e. The fourth-order valence-corrected chi connectivity index (χ4v) is 1.36. The summed E-state index contributed by atoms with van der Waals surface area (Å²) in [6.07, 6.45) is 2.71. The molecule has 1 aromatic heterocycles. The summed E-state index contributed by atoms with van der Waals surface area (Å²) in [4.78, 5) is 8.67. The van der Waals surface area contributed by atoms with Gasteiger partial charge in [0.25, 0.3) is 0 Å². The Morgan fingerprint density at radius 1 is 1.13 bits per heavy atom. The maximum atomic E-state index is 5.62. The van der Waals surface area contributed by atoms with Crippen molar-refractivity contribution in [2.75, 3.05) is 5.73 Å². The maximum absolute atomic E-state index is 5.62. The molecule has 0 saturated heterocycles. The van der Waals surface area contributed by atoms with Crippen molar-refractivity contribution in [1.29, 1.82) is 0 Å². The molecule has 2 N–H and O–H groups in total. The summed E-state index contributed by atoms with van der Waals surface area (Å²) in [6.45, 7) is 2.08. The molecule has 3 heteroatoms. The van der Waals surface area contributed by atoms with E-state index in [0.717, 1.165) is 29.2 Å². The predicted octanol–water partition coefficient (Wildman–Crippen LogP) is 2.29. The minimum absolute atomic E-state index is 0.755. The highest BCUT2D eigenvalue weighted by Gasteiger charge is 2.00. The van der Waals surface area contributed by atoms with Gasteiger partial charge in [-0.1, -0.05) is 6.92 Å². The van der Waals surface area contributed by atoms with Crippen LogP contribution in [-0.4, -0.2) is 9.97 Å². The largest absolute Gasteiger partial charge is 0.399 e. The van der Waals surface area contributed by atoms with Gasteiger partial charge in [-0.05, 0) is 36.8 Å². The van der Waals surface area contributed by atoms with Crippen LogP contribution in [0.25, 0.3) is 11.4 Å². The van der Waals surface area contributed by atoms with Crippen molar-refractivity contribution in [3.8, 4) is 11.4 Å². The normalized spacial score (nSPS) is 10.2. The molecule has 0 fully saturated rings. The summed E-state index contributed by atoms with van der Waals surface area (Å²) >= 11 is 0. The fourth-order valence-electron chi connectivity index (χ4n) is 1.36. The predicted molar refractivity (Wildman–Crippen MR) is 61.3 cm³/mol. The number of nitrogens with two attached hydrogens (primary N) is 1. The second-order valence-corrected chi connectivity index (χ2v) is 3.35. The van der Waals surface area contributed by atoms with Crippen LogP contribution < -0.4 is 5.73 Å². The Hall–Kier alpha value is -1.90. The molecule has 0 spiro atoms. The van der Waals surface area contributed by atoms with E-state index < -0.39 is 0 Å². The van der Waals surface area contributed by atoms with E-state index in [-0.39, 0.29) is 0 Å². The van der Waals surface area contributed by atoms with E-state index in [0.29, 0.717) is 0 Å². The maximum Gasteiger partial charge on any atom is 0.159 e. The standard InChI is InChI=1S/C12H13N3/c1-2-11-7-8-14-12(15-11)9-3-5-10(13)6-4-9/h3-8H,2,13H2,1H3. The van der Waals surface area contributed by atoms with Crippen LogP contribution in [0.3, 0.4) is 0 Å². The van der Waals surface area contributed by atoms with Crippen molar-refractivity contribution in [2.45, 2.75) is 13.3 Å². The molecule has 0 saturated carbocycles. The van der Waals surface area contributed by atoms with Crippen molar-refractivity contribution >= 4 is 5.69 Å². The van der Waals surface area contributed by atoms with Crippen LogP contribution in [0.5, 0.6) is 0 Å². The number of aryl methyl sites for hydroxylation is 1. The Kier molecular flexibility index (Phi) is 2.63. The van der Waals surface area contributed by atoms with Crippen LogP contribution in [0.15, 0.2) is 36.5 Å². The van der Waals surface area contributed by atoms with Gasteiger partial charge in [-0.2, -0.15) is 0 Å². The average molecular weight is 199 g/mol. The van der Waals surface area contributed by atoms with E-state index in [9.17, 15) is 0 Å². The molecule has 0 radical (unpaired) electrons. The SMILES string of the molecule is CCc1ccnc(-c2ccc(N)cc2)n1. The molecule has 76 valence electrons. The first-order valence-corrected chi connectivity index (χ1v) is 4.97. The summed E-state index contributed by atoms with van der Waals surface area (Å²) in [5.41, 5.74) is 8.43. The van der Waals surface area contributed by atoms with Gasteiger partial charge in [-0.25, -0.2) is 9.97 Å². The van der Waals surface area contributed by atoms with E-state index in [2.05, 4.69) is 16.9 Å². The third kappa shape index (κ3) is 2.13. The van der Waals surface area contributed by atoms with E-state index in [1.165, 1.54) is 0 Å². The van der Waals surface area contributed by atoms with Crippen LogP contribution in [0, 0.1) is 0 Å². The van der Waals surface area contributed by atoms with Crippen LogP contribution in [0.4, 0.5) is 5.69 Å². The lowest BCUT2D eigenvalue weighted by Crippen LogP contribution is -1.93. The van der Waals surface area contributed by atoms with Crippen LogP contribution >= 0.6 is 0 Å². The lowest BCUT2D eigenvalue weighted by molar-refractivity contribution is 1.01. The number of nitrogens with zero attached hydrogens (tertiary/aromatic N) is 2. The lowest BCUT2D eigenvalue weighted by atomic mass is 10.2. The molecule has 0 aliphatic carbocycles. The number of benzene rings is 1. The molecule has 0 amide bonds. The topological polar surface area (TPSA) is 51.8 Å². The summed E-state index contributed by atoms with van der Waals surface area (Å²) in [5, 5.41) is 0. The molecule has 0 aliphatic heterocycles. The van der Waals surface area contributed by atoms with Gasteiger partial charge in [0, 0.05) is 23.1 Å². The Morgan fingerprint density at radius 3 is 2.53 bits per heavy atom. The van der Waals surface area contributed by atoms with Crippen molar-refractivity contribution in [3.05, 3.63) is 42.2 Å². The number of anilines is 1. The average Bonchev–Trinajstić information content (AvgIpc) is 2.30. The van der Waals surface area contributed by atoms with Gasteiger partial charge in [-0.3, -0.25) is 0 Å². The number of hydrogen-bond acceptors (Lipinski definition) is 3. The quantitative estimate of drug-likeness (QED) is 0.755. The minimum Gasteiger partial charge on any atom is -0.399 e. The molecule has 2 aromatic rings. The van der Waals surface area contributed by atoms with Gasteiger partial charge in [0.05, 0.1) is 0 Å². The Balaban J connectivity index is 2.40. The minimum atomic E-state index is 0.755. The number of nitrogen functional groups attached to an aromatic ring is 1. The van der Waals surface area contributed by atoms with E-state index in [1.807, 2.05) is 30.3 Å². The lowest BCUT2D eigenvalue weighted by Gasteiger charge is -2.02. The highest BCUT2D eigenvalue weighted by atomic mass is 14.9. The van der Waals surface area contributed by atoms with Crippen LogP contribution in [0.2, 0.25) is 0 Å².